The van der Waals surface area contributed by atoms with Crippen molar-refractivity contribution in [3.63, 3.8) is 0 Å². The smallest absolute Gasteiger partial charge is 0.138 e. The van der Waals surface area contributed by atoms with Gasteiger partial charge in [0.25, 0.3) is 0 Å². The van der Waals surface area contributed by atoms with Crippen LogP contribution in [0.1, 0.15) is 0 Å². The number of nitrogen functional groups attached to an aromatic ring is 1. The summed E-state index contributed by atoms with van der Waals surface area (Å²) in [6.45, 7) is 0. The molecule has 0 atom stereocenters. The zero-order valence-corrected chi connectivity index (χ0v) is 6.71. The molecule has 0 aliphatic rings. The lowest BCUT2D eigenvalue weighted by Gasteiger charge is -2.07. The fourth-order valence-electron chi connectivity index (χ4n) is 0.688. The quantitative estimate of drug-likeness (QED) is 0.363. The Morgan fingerprint density at radius 1 is 1.42 bits per heavy atom. The molecule has 0 aliphatic carbocycles. The molecule has 0 radical (unpaired) electrons. The summed E-state index contributed by atoms with van der Waals surface area (Å²) >= 11 is 0. The number of hydrogen-bond acceptors (Lipinski definition) is 5. The average molecular weight is 188 g/mol. The van der Waals surface area contributed by atoms with E-state index in [1.807, 2.05) is 0 Å². The molecule has 1 aromatic rings. The number of phenolic OH excluding ortho intramolecular Hbond substituents is 1. The van der Waals surface area contributed by atoms with E-state index in [9.17, 15) is 13.0 Å². The predicted molar refractivity (Wildman–Crippen MR) is 40.5 cm³/mol. The molecule has 12 heavy (non-hydrogen) atoms. The first-order valence-corrected chi connectivity index (χ1v) is 4.36. The minimum absolute atomic E-state index is 0.132. The fraction of sp³-hybridized carbons (Fsp3) is 0. The average Bonchev–Trinajstić information content (AvgIpc) is 1.92. The molecule has 5 nitrogen and oxygen atoms in total. The molecular formula is C6H6NO4S-. The number of benzene rings is 1. The van der Waals surface area contributed by atoms with Crippen molar-refractivity contribution in [2.24, 2.45) is 0 Å². The molecule has 0 amide bonds. The van der Waals surface area contributed by atoms with Crippen LogP contribution in [0, 0.1) is 0 Å². The lowest BCUT2D eigenvalue weighted by atomic mass is 10.3. The van der Waals surface area contributed by atoms with Crippen LogP contribution in [0.5, 0.6) is 5.75 Å². The van der Waals surface area contributed by atoms with Crippen molar-refractivity contribution in [2.45, 2.75) is 4.90 Å². The molecule has 0 saturated heterocycles. The van der Waals surface area contributed by atoms with E-state index in [1.54, 1.807) is 0 Å². The number of nitrogens with two attached hydrogens (primary N) is 1. The second kappa shape index (κ2) is 2.65. The van der Waals surface area contributed by atoms with Gasteiger partial charge in [0.2, 0.25) is 0 Å². The molecule has 0 spiro atoms. The van der Waals surface area contributed by atoms with Crippen LogP contribution in [0.3, 0.4) is 0 Å². The van der Waals surface area contributed by atoms with Crippen molar-refractivity contribution in [3.8, 4) is 5.75 Å². The van der Waals surface area contributed by atoms with Gasteiger partial charge in [-0.25, -0.2) is 8.42 Å². The van der Waals surface area contributed by atoms with E-state index in [4.69, 9.17) is 10.8 Å². The number of anilines is 1. The molecule has 0 bridgehead atoms. The van der Waals surface area contributed by atoms with Gasteiger partial charge in [-0.2, -0.15) is 0 Å². The van der Waals surface area contributed by atoms with Crippen molar-refractivity contribution in [3.05, 3.63) is 18.2 Å². The van der Waals surface area contributed by atoms with E-state index < -0.39 is 15.0 Å². The van der Waals surface area contributed by atoms with E-state index in [0.717, 1.165) is 18.2 Å². The third-order valence-electron chi connectivity index (χ3n) is 1.29. The highest BCUT2D eigenvalue weighted by Gasteiger charge is 2.03. The third-order valence-corrected chi connectivity index (χ3v) is 2.12. The van der Waals surface area contributed by atoms with Crippen molar-refractivity contribution < 1.29 is 18.1 Å². The molecule has 3 N–H and O–H groups in total. The van der Waals surface area contributed by atoms with Crippen molar-refractivity contribution in [1.82, 2.24) is 0 Å². The highest BCUT2D eigenvalue weighted by Crippen LogP contribution is 2.22. The molecule has 0 aromatic heterocycles. The standard InChI is InChI=1S/C6H7NO4S/c7-5-3-4(12(9,10)11)1-2-6(5)8/h1-3,8H,7H2,(H,9,10,11)/p-1. The monoisotopic (exact) mass is 188 g/mol. The molecule has 0 saturated carbocycles. The maximum atomic E-state index is 10.4. The number of rotatable bonds is 1. The first kappa shape index (κ1) is 8.82. The van der Waals surface area contributed by atoms with Crippen LogP contribution in [-0.4, -0.2) is 18.1 Å². The third kappa shape index (κ3) is 1.66. The molecule has 66 valence electrons. The summed E-state index contributed by atoms with van der Waals surface area (Å²) in [5.41, 5.74) is 5.03. The normalized spacial score (nSPS) is 11.4. The van der Waals surface area contributed by atoms with Crippen LogP contribution in [0.2, 0.25) is 0 Å². The second-order valence-electron chi connectivity index (χ2n) is 2.17. The van der Waals surface area contributed by atoms with Gasteiger partial charge in [0.05, 0.1) is 10.6 Å². The van der Waals surface area contributed by atoms with Gasteiger partial charge in [-0.1, -0.05) is 0 Å². The number of hydrogen-bond donors (Lipinski definition) is 2. The minimum Gasteiger partial charge on any atom is -0.744 e. The second-order valence-corrected chi connectivity index (χ2v) is 3.55. The molecule has 0 aliphatic heterocycles. The fourth-order valence-corrected chi connectivity index (χ4v) is 1.19. The number of aromatic hydroxyl groups is 1. The van der Waals surface area contributed by atoms with E-state index >= 15 is 0 Å². The van der Waals surface area contributed by atoms with Crippen molar-refractivity contribution >= 4 is 15.8 Å². The van der Waals surface area contributed by atoms with E-state index in [-0.39, 0.29) is 11.4 Å². The van der Waals surface area contributed by atoms with Gasteiger partial charge in [-0.3, -0.25) is 0 Å². The molecule has 1 aromatic carbocycles. The van der Waals surface area contributed by atoms with Crippen molar-refractivity contribution in [2.75, 3.05) is 5.73 Å². The highest BCUT2D eigenvalue weighted by atomic mass is 32.2. The topological polar surface area (TPSA) is 103 Å². The van der Waals surface area contributed by atoms with Gasteiger partial charge in [0.1, 0.15) is 15.9 Å². The van der Waals surface area contributed by atoms with Gasteiger partial charge in [0.15, 0.2) is 0 Å². The highest BCUT2D eigenvalue weighted by molar-refractivity contribution is 7.85. The Bertz CT molecular complexity index is 398. The zero-order valence-electron chi connectivity index (χ0n) is 5.89. The van der Waals surface area contributed by atoms with Crippen LogP contribution >= 0.6 is 0 Å². The first-order chi connectivity index (χ1) is 5.41. The van der Waals surface area contributed by atoms with Crippen LogP contribution in [0.15, 0.2) is 23.1 Å². The Hall–Kier alpha value is -1.27. The van der Waals surface area contributed by atoms with Gasteiger partial charge in [0, 0.05) is 0 Å². The van der Waals surface area contributed by atoms with Gasteiger partial charge in [-0.05, 0) is 18.2 Å². The minimum atomic E-state index is -4.48. The SMILES string of the molecule is Nc1cc(S(=O)(=O)[O-])ccc1O. The summed E-state index contributed by atoms with van der Waals surface area (Å²) in [7, 11) is -4.48. The van der Waals surface area contributed by atoms with Gasteiger partial charge in [-0.15, -0.1) is 0 Å². The summed E-state index contributed by atoms with van der Waals surface area (Å²) < 4.78 is 31.2. The molecule has 0 unspecified atom stereocenters. The largest absolute Gasteiger partial charge is 0.744 e. The molecule has 1 rings (SSSR count). The van der Waals surface area contributed by atoms with Crippen molar-refractivity contribution in [1.29, 1.82) is 0 Å². The summed E-state index contributed by atoms with van der Waals surface area (Å²) in [5.74, 6) is -0.248. The first-order valence-electron chi connectivity index (χ1n) is 2.95. The maximum absolute atomic E-state index is 10.4. The van der Waals surface area contributed by atoms with Gasteiger partial charge >= 0.3 is 0 Å². The summed E-state index contributed by atoms with van der Waals surface area (Å²) in [4.78, 5) is -0.446. The van der Waals surface area contributed by atoms with Crippen LogP contribution in [0.25, 0.3) is 0 Å². The maximum Gasteiger partial charge on any atom is 0.138 e. The Labute approximate surface area is 69.2 Å². The van der Waals surface area contributed by atoms with Crippen LogP contribution in [0.4, 0.5) is 5.69 Å². The predicted octanol–water partition coefficient (Wildman–Crippen LogP) is -0.122. The van der Waals surface area contributed by atoms with E-state index in [1.165, 1.54) is 0 Å². The summed E-state index contributed by atoms with van der Waals surface area (Å²) in [5, 5.41) is 8.89. The van der Waals surface area contributed by atoms with E-state index in [2.05, 4.69) is 0 Å². The summed E-state index contributed by atoms with van der Waals surface area (Å²) in [6, 6.07) is 2.96. The lowest BCUT2D eigenvalue weighted by Crippen LogP contribution is -1.99. The van der Waals surface area contributed by atoms with E-state index in [0.29, 0.717) is 0 Å². The number of phenols is 1. The Kier molecular flexibility index (Phi) is 1.95. The molecule has 6 heteroatoms. The van der Waals surface area contributed by atoms with Gasteiger partial charge < -0.3 is 15.4 Å². The zero-order chi connectivity index (χ0) is 9.35. The molecule has 0 heterocycles. The summed E-state index contributed by atoms with van der Waals surface area (Å²) in [6.07, 6.45) is 0. The Morgan fingerprint density at radius 3 is 2.42 bits per heavy atom. The van der Waals surface area contributed by atoms with Crippen LogP contribution in [-0.2, 0) is 10.1 Å². The molecule has 0 fully saturated rings. The molecular weight excluding hydrogens is 182 g/mol. The Balaban J connectivity index is 3.33. The Morgan fingerprint density at radius 2 is 2.00 bits per heavy atom. The lowest BCUT2D eigenvalue weighted by molar-refractivity contribution is 0.462. The van der Waals surface area contributed by atoms with Crippen LogP contribution < -0.4 is 5.73 Å².